The Morgan fingerprint density at radius 3 is 1.97 bits per heavy atom. The molecule has 8 heteroatoms. The first-order chi connectivity index (χ1) is 18.8. The first-order valence-electron chi connectivity index (χ1n) is 12.1. The third-order valence-electron chi connectivity index (χ3n) is 5.41. The van der Waals surface area contributed by atoms with Crippen LogP contribution in [0.15, 0.2) is 92.0 Å². The Bertz CT molecular complexity index is 1350. The number of aryl methyl sites for hydroxylation is 1. The first-order valence-corrected chi connectivity index (χ1v) is 12.1. The van der Waals surface area contributed by atoms with Crippen molar-refractivity contribution in [3.05, 3.63) is 114 Å². The number of rotatable bonds is 13. The molecule has 0 saturated carbocycles. The summed E-state index contributed by atoms with van der Waals surface area (Å²) < 4.78 is 21.4. The molecule has 0 spiro atoms. The molecule has 0 aliphatic heterocycles. The second kappa shape index (κ2) is 14.1. The summed E-state index contributed by atoms with van der Waals surface area (Å²) in [5, 5.41) is 0. The van der Waals surface area contributed by atoms with Crippen LogP contribution >= 0.6 is 0 Å². The fourth-order valence-electron chi connectivity index (χ4n) is 3.32. The van der Waals surface area contributed by atoms with Crippen molar-refractivity contribution in [2.75, 3.05) is 13.2 Å². The average Bonchev–Trinajstić information content (AvgIpc) is 2.94. The Kier molecular flexibility index (Phi) is 10.3. The summed E-state index contributed by atoms with van der Waals surface area (Å²) in [6.07, 6.45) is 3.09. The summed E-state index contributed by atoms with van der Waals surface area (Å²) in [6, 6.07) is 17.7. The van der Waals surface area contributed by atoms with Crippen molar-refractivity contribution in [2.45, 2.75) is 19.8 Å². The number of esters is 3. The molecule has 8 nitrogen and oxygen atoms in total. The van der Waals surface area contributed by atoms with Crippen LogP contribution in [0.25, 0.3) is 0 Å². The lowest BCUT2D eigenvalue weighted by Crippen LogP contribution is -2.11. The van der Waals surface area contributed by atoms with Crippen molar-refractivity contribution < 1.29 is 38.1 Å². The van der Waals surface area contributed by atoms with E-state index < -0.39 is 17.9 Å². The Balaban J connectivity index is 1.51. The van der Waals surface area contributed by atoms with Crippen molar-refractivity contribution in [1.29, 1.82) is 0 Å². The SMILES string of the molecule is C=CC(=O)Cc1ccc(C(=O)Oc2ccc(OC(=O)c3ccc(OCCCOC(=O)C=C)cc3)c(C)c2)cc1. The maximum atomic E-state index is 12.6. The standard InChI is InChI=1S/C31H28O8/c1-4-25(32)20-22-7-9-23(10-8-22)30(34)38-27-15-16-28(21(3)19-27)39-31(35)24-11-13-26(14-12-24)36-17-6-18-37-29(33)5-2/h4-5,7-16,19H,1-2,6,17-18,20H2,3H3. The lowest BCUT2D eigenvalue weighted by molar-refractivity contribution is -0.137. The number of carbonyl (C=O) groups excluding carboxylic acids is 4. The molecule has 0 heterocycles. The van der Waals surface area contributed by atoms with Gasteiger partial charge in [-0.2, -0.15) is 0 Å². The lowest BCUT2D eigenvalue weighted by Gasteiger charge is -2.11. The zero-order valence-corrected chi connectivity index (χ0v) is 21.5. The van der Waals surface area contributed by atoms with E-state index in [-0.39, 0.29) is 18.8 Å². The molecule has 0 unspecified atom stereocenters. The van der Waals surface area contributed by atoms with Crippen LogP contribution in [0.2, 0.25) is 0 Å². The Hall–Kier alpha value is -4.98. The second-order valence-corrected chi connectivity index (χ2v) is 8.35. The van der Waals surface area contributed by atoms with E-state index in [0.29, 0.717) is 47.0 Å². The van der Waals surface area contributed by atoms with Gasteiger partial charge in [0.05, 0.1) is 24.3 Å². The van der Waals surface area contributed by atoms with Crippen molar-refractivity contribution in [3.63, 3.8) is 0 Å². The lowest BCUT2D eigenvalue weighted by atomic mass is 10.1. The Morgan fingerprint density at radius 1 is 0.744 bits per heavy atom. The zero-order chi connectivity index (χ0) is 28.2. The maximum Gasteiger partial charge on any atom is 0.343 e. The van der Waals surface area contributed by atoms with Crippen LogP contribution in [0.4, 0.5) is 0 Å². The highest BCUT2D eigenvalue weighted by molar-refractivity contribution is 5.93. The van der Waals surface area contributed by atoms with Crippen LogP contribution < -0.4 is 14.2 Å². The van der Waals surface area contributed by atoms with E-state index in [0.717, 1.165) is 11.6 Å². The summed E-state index contributed by atoms with van der Waals surface area (Å²) in [5.74, 6) is -0.519. The van der Waals surface area contributed by atoms with Gasteiger partial charge in [-0.05, 0) is 78.7 Å². The van der Waals surface area contributed by atoms with Gasteiger partial charge < -0.3 is 18.9 Å². The van der Waals surface area contributed by atoms with E-state index in [1.54, 1.807) is 67.6 Å². The molecule has 0 amide bonds. The number of hydrogen-bond donors (Lipinski definition) is 0. The second-order valence-electron chi connectivity index (χ2n) is 8.35. The molecular weight excluding hydrogens is 500 g/mol. The van der Waals surface area contributed by atoms with Gasteiger partial charge in [0.25, 0.3) is 0 Å². The predicted octanol–water partition coefficient (Wildman–Crippen LogP) is 5.23. The quantitative estimate of drug-likeness (QED) is 0.129. The third-order valence-corrected chi connectivity index (χ3v) is 5.41. The van der Waals surface area contributed by atoms with Crippen molar-refractivity contribution >= 4 is 23.7 Å². The van der Waals surface area contributed by atoms with E-state index in [9.17, 15) is 19.2 Å². The van der Waals surface area contributed by atoms with E-state index in [1.165, 1.54) is 12.1 Å². The van der Waals surface area contributed by atoms with Crippen molar-refractivity contribution in [3.8, 4) is 17.2 Å². The zero-order valence-electron chi connectivity index (χ0n) is 21.5. The predicted molar refractivity (Wildman–Crippen MR) is 144 cm³/mol. The first kappa shape index (κ1) is 28.6. The average molecular weight is 529 g/mol. The summed E-state index contributed by atoms with van der Waals surface area (Å²) in [5.41, 5.74) is 2.03. The maximum absolute atomic E-state index is 12.6. The van der Waals surface area contributed by atoms with Gasteiger partial charge in [-0.1, -0.05) is 25.3 Å². The van der Waals surface area contributed by atoms with Crippen molar-refractivity contribution in [1.82, 2.24) is 0 Å². The molecule has 3 rings (SSSR count). The van der Waals surface area contributed by atoms with Gasteiger partial charge in [0.2, 0.25) is 0 Å². The third kappa shape index (κ3) is 8.82. The highest BCUT2D eigenvalue weighted by Gasteiger charge is 2.14. The fraction of sp³-hybridized carbons (Fsp3) is 0.161. The molecule has 3 aromatic rings. The Morgan fingerprint density at radius 2 is 1.36 bits per heavy atom. The van der Waals surface area contributed by atoms with Gasteiger partial charge in [0.1, 0.15) is 17.2 Å². The minimum Gasteiger partial charge on any atom is -0.493 e. The number of ether oxygens (including phenoxy) is 4. The largest absolute Gasteiger partial charge is 0.493 e. The van der Waals surface area contributed by atoms with Gasteiger partial charge in [-0.15, -0.1) is 0 Å². The molecule has 3 aromatic carbocycles. The number of allylic oxidation sites excluding steroid dienone is 1. The molecule has 0 aliphatic carbocycles. The van der Waals surface area contributed by atoms with Gasteiger partial charge in [0.15, 0.2) is 5.78 Å². The summed E-state index contributed by atoms with van der Waals surface area (Å²) in [6.45, 7) is 9.06. The summed E-state index contributed by atoms with van der Waals surface area (Å²) in [7, 11) is 0. The molecule has 0 aliphatic rings. The van der Waals surface area contributed by atoms with Crippen LogP contribution in [0.3, 0.4) is 0 Å². The molecule has 39 heavy (non-hydrogen) atoms. The van der Waals surface area contributed by atoms with Crippen LogP contribution in [-0.4, -0.2) is 36.9 Å². The van der Waals surface area contributed by atoms with Crippen LogP contribution in [0.5, 0.6) is 17.2 Å². The monoisotopic (exact) mass is 528 g/mol. The van der Waals surface area contributed by atoms with Gasteiger partial charge >= 0.3 is 17.9 Å². The number of ketones is 1. The molecule has 200 valence electrons. The number of benzene rings is 3. The molecule has 0 fully saturated rings. The molecule has 0 N–H and O–H groups in total. The van der Waals surface area contributed by atoms with Gasteiger partial charge in [0, 0.05) is 18.9 Å². The molecule has 0 saturated heterocycles. The van der Waals surface area contributed by atoms with E-state index in [4.69, 9.17) is 18.9 Å². The normalized spacial score (nSPS) is 10.2. The summed E-state index contributed by atoms with van der Waals surface area (Å²) in [4.78, 5) is 47.6. The topological polar surface area (TPSA) is 105 Å². The van der Waals surface area contributed by atoms with Crippen LogP contribution in [-0.2, 0) is 20.7 Å². The van der Waals surface area contributed by atoms with E-state index in [1.807, 2.05) is 0 Å². The number of carbonyl (C=O) groups is 4. The van der Waals surface area contributed by atoms with Gasteiger partial charge in [-0.3, -0.25) is 4.79 Å². The van der Waals surface area contributed by atoms with E-state index in [2.05, 4.69) is 13.2 Å². The highest BCUT2D eigenvalue weighted by atomic mass is 16.5. The molecular formula is C31H28O8. The Labute approximate surface area is 226 Å². The molecule has 0 aromatic heterocycles. The van der Waals surface area contributed by atoms with Crippen LogP contribution in [0.1, 0.15) is 38.3 Å². The van der Waals surface area contributed by atoms with Crippen LogP contribution in [0, 0.1) is 6.92 Å². The van der Waals surface area contributed by atoms with E-state index >= 15 is 0 Å². The molecule has 0 radical (unpaired) electrons. The minimum atomic E-state index is -0.555. The number of hydrogen-bond acceptors (Lipinski definition) is 8. The molecule has 0 bridgehead atoms. The van der Waals surface area contributed by atoms with Crippen molar-refractivity contribution in [2.24, 2.45) is 0 Å². The minimum absolute atomic E-state index is 0.106. The highest BCUT2D eigenvalue weighted by Crippen LogP contribution is 2.25. The van der Waals surface area contributed by atoms with Gasteiger partial charge in [-0.25, -0.2) is 14.4 Å². The summed E-state index contributed by atoms with van der Waals surface area (Å²) >= 11 is 0. The molecule has 0 atom stereocenters. The smallest absolute Gasteiger partial charge is 0.343 e. The fourth-order valence-corrected chi connectivity index (χ4v) is 3.32.